The van der Waals surface area contributed by atoms with Crippen molar-refractivity contribution in [1.29, 1.82) is 0 Å². The van der Waals surface area contributed by atoms with Crippen LogP contribution in [0.4, 0.5) is 0 Å². The minimum absolute atomic E-state index is 0.0708. The molecule has 1 atom stereocenters. The average molecular weight is 364 g/mol. The van der Waals surface area contributed by atoms with Gasteiger partial charge in [0.1, 0.15) is 0 Å². The molecule has 0 N–H and O–H groups in total. The lowest BCUT2D eigenvalue weighted by Gasteiger charge is -2.33. The molecule has 27 heavy (non-hydrogen) atoms. The Hall–Kier alpha value is -2.60. The van der Waals surface area contributed by atoms with Crippen molar-refractivity contribution in [3.63, 3.8) is 0 Å². The van der Waals surface area contributed by atoms with Gasteiger partial charge in [-0.1, -0.05) is 18.2 Å². The number of carbonyl (C=O) groups excluding carboxylic acids is 1. The van der Waals surface area contributed by atoms with Crippen LogP contribution in [0.15, 0.2) is 42.7 Å². The monoisotopic (exact) mass is 364 g/mol. The minimum atomic E-state index is 0.0708. The number of ether oxygens (including phenoxy) is 1. The highest BCUT2D eigenvalue weighted by Gasteiger charge is 2.31. The lowest BCUT2D eigenvalue weighted by Crippen LogP contribution is -2.42. The molecule has 3 aromatic rings. The van der Waals surface area contributed by atoms with Crippen LogP contribution in [-0.4, -0.2) is 44.9 Å². The van der Waals surface area contributed by atoms with Crippen molar-refractivity contribution < 1.29 is 9.53 Å². The van der Waals surface area contributed by atoms with Crippen LogP contribution in [0.25, 0.3) is 10.9 Å². The summed E-state index contributed by atoms with van der Waals surface area (Å²) < 4.78 is 9.98. The Morgan fingerprint density at radius 2 is 2.07 bits per heavy atom. The zero-order chi connectivity index (χ0) is 18.4. The normalized spacial score (nSPS) is 19.4. The molecule has 1 saturated carbocycles. The van der Waals surface area contributed by atoms with E-state index in [1.165, 1.54) is 12.8 Å². The van der Waals surface area contributed by atoms with Crippen LogP contribution < -0.4 is 0 Å². The average Bonchev–Trinajstić information content (AvgIpc) is 3.27. The zero-order valence-electron chi connectivity index (χ0n) is 15.5. The first-order chi connectivity index (χ1) is 13.2. The number of fused-ring (bicyclic) bond motifs is 2. The second-order valence-corrected chi connectivity index (χ2v) is 7.76. The molecule has 2 aliphatic rings. The number of aromatic nitrogens is 3. The van der Waals surface area contributed by atoms with Crippen LogP contribution in [-0.2, 0) is 18.3 Å². The Kier molecular flexibility index (Phi) is 4.01. The first kappa shape index (κ1) is 16.6. The first-order valence-corrected chi connectivity index (χ1v) is 9.64. The summed E-state index contributed by atoms with van der Waals surface area (Å²) in [6.07, 6.45) is 6.32. The molecule has 6 nitrogen and oxygen atoms in total. The van der Waals surface area contributed by atoms with Crippen LogP contribution in [0, 0.1) is 5.92 Å². The van der Waals surface area contributed by atoms with E-state index in [-0.39, 0.29) is 11.9 Å². The maximum atomic E-state index is 13.3. The molecule has 6 heteroatoms. The van der Waals surface area contributed by atoms with Crippen molar-refractivity contribution in [2.45, 2.75) is 25.4 Å². The van der Waals surface area contributed by atoms with Crippen LogP contribution in [0.5, 0.6) is 0 Å². The Balaban J connectivity index is 1.40. The van der Waals surface area contributed by atoms with Crippen LogP contribution >= 0.6 is 0 Å². The molecule has 1 unspecified atom stereocenters. The van der Waals surface area contributed by atoms with E-state index in [1.54, 1.807) is 0 Å². The fraction of sp³-hybridized carbons (Fsp3) is 0.429. The number of carbonyl (C=O) groups is 1. The molecule has 0 bridgehead atoms. The lowest BCUT2D eigenvalue weighted by molar-refractivity contribution is 0.0468. The van der Waals surface area contributed by atoms with E-state index >= 15 is 0 Å². The van der Waals surface area contributed by atoms with E-state index in [1.807, 2.05) is 63.9 Å². The van der Waals surface area contributed by atoms with Crippen molar-refractivity contribution in [1.82, 2.24) is 19.2 Å². The third-order valence-electron chi connectivity index (χ3n) is 5.66. The molecule has 5 rings (SSSR count). The third-order valence-corrected chi connectivity index (χ3v) is 5.66. The molecule has 2 aromatic heterocycles. The molecule has 1 aliphatic carbocycles. The van der Waals surface area contributed by atoms with Crippen LogP contribution in [0.3, 0.4) is 0 Å². The summed E-state index contributed by atoms with van der Waals surface area (Å²) in [5.74, 6) is 0.811. The Bertz CT molecular complexity index is 985. The fourth-order valence-corrected chi connectivity index (χ4v) is 4.00. The number of aryl methyl sites for hydroxylation is 1. The summed E-state index contributed by atoms with van der Waals surface area (Å²) in [5, 5.41) is 5.47. The number of hydrogen-bond donors (Lipinski definition) is 0. The number of hydrogen-bond acceptors (Lipinski definition) is 3. The van der Waals surface area contributed by atoms with Crippen molar-refractivity contribution >= 4 is 16.8 Å². The lowest BCUT2D eigenvalue weighted by atomic mass is 10.1. The van der Waals surface area contributed by atoms with Gasteiger partial charge < -0.3 is 14.2 Å². The molecular weight excluding hydrogens is 340 g/mol. The van der Waals surface area contributed by atoms with Gasteiger partial charge >= 0.3 is 0 Å². The summed E-state index contributed by atoms with van der Waals surface area (Å²) in [4.78, 5) is 15.3. The van der Waals surface area contributed by atoms with Gasteiger partial charge in [-0.05, 0) is 30.9 Å². The largest absolute Gasteiger partial charge is 0.379 e. The van der Waals surface area contributed by atoms with Gasteiger partial charge in [0.15, 0.2) is 0 Å². The highest BCUT2D eigenvalue weighted by atomic mass is 16.5. The summed E-state index contributed by atoms with van der Waals surface area (Å²) in [6, 6.07) is 10.1. The second-order valence-electron chi connectivity index (χ2n) is 7.76. The zero-order valence-corrected chi connectivity index (χ0v) is 15.5. The predicted molar refractivity (Wildman–Crippen MR) is 102 cm³/mol. The maximum absolute atomic E-state index is 13.3. The van der Waals surface area contributed by atoms with Crippen LogP contribution in [0.2, 0.25) is 0 Å². The van der Waals surface area contributed by atoms with E-state index in [0.717, 1.165) is 34.7 Å². The molecule has 1 amide bonds. The smallest absolute Gasteiger partial charge is 0.256 e. The second kappa shape index (κ2) is 6.53. The molecular formula is C21H24N4O2. The van der Waals surface area contributed by atoms with Gasteiger partial charge in [-0.3, -0.25) is 9.48 Å². The highest BCUT2D eigenvalue weighted by molar-refractivity contribution is 6.07. The molecule has 3 heterocycles. The number of rotatable bonds is 5. The van der Waals surface area contributed by atoms with Crippen molar-refractivity contribution in [2.24, 2.45) is 13.0 Å². The van der Waals surface area contributed by atoms with Gasteiger partial charge in [0.2, 0.25) is 0 Å². The number of nitrogens with zero attached hydrogens (tertiary/aromatic N) is 4. The summed E-state index contributed by atoms with van der Waals surface area (Å²) in [7, 11) is 1.99. The van der Waals surface area contributed by atoms with Gasteiger partial charge in [0.05, 0.1) is 30.5 Å². The number of benzene rings is 1. The van der Waals surface area contributed by atoms with Gasteiger partial charge in [-0.2, -0.15) is 5.10 Å². The number of amides is 1. The SMILES string of the molecule is Cn1cc(C(=O)N2Cc3ccnn3C(COCC3CC3)C2)c2ccccc21. The number of para-hydroxylation sites is 1. The third kappa shape index (κ3) is 3.04. The highest BCUT2D eigenvalue weighted by Crippen LogP contribution is 2.30. The topological polar surface area (TPSA) is 52.3 Å². The van der Waals surface area contributed by atoms with E-state index in [0.29, 0.717) is 19.7 Å². The fourth-order valence-electron chi connectivity index (χ4n) is 4.00. The Labute approximate surface area is 158 Å². The van der Waals surface area contributed by atoms with Gasteiger partial charge in [0.25, 0.3) is 5.91 Å². The summed E-state index contributed by atoms with van der Waals surface area (Å²) >= 11 is 0. The Morgan fingerprint density at radius 3 is 2.93 bits per heavy atom. The van der Waals surface area contributed by atoms with Crippen LogP contribution in [0.1, 0.15) is 34.9 Å². The summed E-state index contributed by atoms with van der Waals surface area (Å²) in [6.45, 7) is 2.64. The van der Waals surface area contributed by atoms with E-state index in [2.05, 4.69) is 5.10 Å². The molecule has 1 aliphatic heterocycles. The molecule has 0 saturated heterocycles. The van der Waals surface area contributed by atoms with Gasteiger partial charge in [0, 0.05) is 43.5 Å². The van der Waals surface area contributed by atoms with Crippen molar-refractivity contribution in [3.05, 3.63) is 54.0 Å². The van der Waals surface area contributed by atoms with Gasteiger partial charge in [-0.25, -0.2) is 0 Å². The quantitative estimate of drug-likeness (QED) is 0.699. The van der Waals surface area contributed by atoms with Gasteiger partial charge in [-0.15, -0.1) is 0 Å². The predicted octanol–water partition coefficient (Wildman–Crippen LogP) is 3.00. The molecule has 1 fully saturated rings. The van der Waals surface area contributed by atoms with E-state index < -0.39 is 0 Å². The van der Waals surface area contributed by atoms with Crippen molar-refractivity contribution in [2.75, 3.05) is 19.8 Å². The standard InChI is InChI=1S/C21H24N4O2/c1-23-12-19(18-4-2-3-5-20(18)23)21(26)24-10-16-8-9-22-25(16)17(11-24)14-27-13-15-6-7-15/h2-5,8-9,12,15,17H,6-7,10-11,13-14H2,1H3. The summed E-state index contributed by atoms with van der Waals surface area (Å²) in [5.41, 5.74) is 2.90. The van der Waals surface area contributed by atoms with Crippen molar-refractivity contribution in [3.8, 4) is 0 Å². The molecule has 140 valence electrons. The molecule has 0 radical (unpaired) electrons. The van der Waals surface area contributed by atoms with E-state index in [4.69, 9.17) is 4.74 Å². The maximum Gasteiger partial charge on any atom is 0.256 e. The molecule has 1 aromatic carbocycles. The first-order valence-electron chi connectivity index (χ1n) is 9.64. The Morgan fingerprint density at radius 1 is 1.22 bits per heavy atom. The minimum Gasteiger partial charge on any atom is -0.379 e. The van der Waals surface area contributed by atoms with E-state index in [9.17, 15) is 4.79 Å². The molecule has 0 spiro atoms.